The summed E-state index contributed by atoms with van der Waals surface area (Å²) in [6.07, 6.45) is 18.6. The van der Waals surface area contributed by atoms with Crippen molar-refractivity contribution in [3.05, 3.63) is 41.2 Å². The maximum atomic E-state index is 12.1. The molecule has 1 nitrogen and oxygen atoms in total. The molecule has 0 aromatic rings. The van der Waals surface area contributed by atoms with Gasteiger partial charge in [-0.2, -0.15) is 0 Å². The minimum absolute atomic E-state index is 0.315. The predicted octanol–water partition coefficient (Wildman–Crippen LogP) is 6.32. The van der Waals surface area contributed by atoms with Crippen molar-refractivity contribution in [3.8, 4) is 0 Å². The van der Waals surface area contributed by atoms with Gasteiger partial charge in [0.05, 0.1) is 0 Å². The molecule has 23 heavy (non-hydrogen) atoms. The molecular weight excluding hydrogens is 280 g/mol. The third-order valence-corrected chi connectivity index (χ3v) is 5.85. The number of ketones is 1. The van der Waals surface area contributed by atoms with Crippen LogP contribution >= 0.6 is 0 Å². The van der Waals surface area contributed by atoms with E-state index in [1.165, 1.54) is 36.8 Å². The number of hydrogen-bond acceptors (Lipinski definition) is 1. The van der Waals surface area contributed by atoms with E-state index in [-0.39, 0.29) is 0 Å². The Bertz CT molecular complexity index is 542. The van der Waals surface area contributed by atoms with Crippen LogP contribution in [0.2, 0.25) is 0 Å². The van der Waals surface area contributed by atoms with Crippen molar-refractivity contribution in [3.63, 3.8) is 0 Å². The molecule has 2 unspecified atom stereocenters. The summed E-state index contributed by atoms with van der Waals surface area (Å²) >= 11 is 0. The number of carbonyl (C=O) groups is 1. The van der Waals surface area contributed by atoms with E-state index in [0.717, 1.165) is 25.7 Å². The van der Waals surface area contributed by atoms with Gasteiger partial charge in [0.1, 0.15) is 5.78 Å². The number of hydrogen-bond donors (Lipinski definition) is 0. The van der Waals surface area contributed by atoms with E-state index in [0.29, 0.717) is 23.5 Å². The highest BCUT2D eigenvalue weighted by molar-refractivity contribution is 5.80. The molecule has 2 atom stereocenters. The summed E-state index contributed by atoms with van der Waals surface area (Å²) in [7, 11) is 0. The third-order valence-electron chi connectivity index (χ3n) is 5.85. The van der Waals surface area contributed by atoms with Crippen LogP contribution in [0, 0.1) is 11.3 Å². The number of rotatable bonds is 6. The van der Waals surface area contributed by atoms with Crippen molar-refractivity contribution in [2.75, 3.05) is 0 Å². The second-order valence-corrected chi connectivity index (χ2v) is 7.25. The fourth-order valence-electron chi connectivity index (χ4n) is 4.11. The van der Waals surface area contributed by atoms with Crippen LogP contribution in [0.3, 0.4) is 0 Å². The van der Waals surface area contributed by atoms with Gasteiger partial charge in [-0.25, -0.2) is 0 Å². The zero-order valence-corrected chi connectivity index (χ0v) is 15.2. The first-order chi connectivity index (χ1) is 11.1. The summed E-state index contributed by atoms with van der Waals surface area (Å²) in [5.74, 6) is 0.790. The Balaban J connectivity index is 2.12. The van der Waals surface area contributed by atoms with Crippen LogP contribution in [0.25, 0.3) is 0 Å². The maximum Gasteiger partial charge on any atom is 0.135 e. The molecule has 0 aliphatic heterocycles. The number of carbonyl (C=O) groups excluding carboxylic acids is 1. The van der Waals surface area contributed by atoms with E-state index in [9.17, 15) is 4.79 Å². The van der Waals surface area contributed by atoms with Crippen LogP contribution in [0.1, 0.15) is 78.6 Å². The standard InChI is InChI=1S/C22H32O/c1-4-18-10-7-8-11-19(16-18)17-22(6-3)14-9-12-20(13-15-22)21(23)5-2/h7-8,10,16,20H,4-6,9,12-15,17H2,1-3H3. The summed E-state index contributed by atoms with van der Waals surface area (Å²) in [5.41, 5.74) is 6.57. The molecule has 0 spiro atoms. The minimum Gasteiger partial charge on any atom is -0.299 e. The minimum atomic E-state index is 0.315. The fraction of sp³-hybridized carbons (Fsp3) is 0.636. The van der Waals surface area contributed by atoms with Crippen LogP contribution in [0.15, 0.2) is 41.2 Å². The molecular formula is C22H32O. The molecule has 0 amide bonds. The van der Waals surface area contributed by atoms with Crippen molar-refractivity contribution >= 4 is 5.78 Å². The largest absolute Gasteiger partial charge is 0.299 e. The summed E-state index contributed by atoms with van der Waals surface area (Å²) < 4.78 is 0. The smallest absolute Gasteiger partial charge is 0.135 e. The lowest BCUT2D eigenvalue weighted by Gasteiger charge is -2.32. The van der Waals surface area contributed by atoms with E-state index >= 15 is 0 Å². The molecule has 126 valence electrons. The van der Waals surface area contributed by atoms with E-state index in [1.807, 2.05) is 6.92 Å². The van der Waals surface area contributed by atoms with Gasteiger partial charge in [-0.05, 0) is 67.2 Å². The Hall–Kier alpha value is -1.33. The average molecular weight is 312 g/mol. The highest BCUT2D eigenvalue weighted by atomic mass is 16.1. The Kier molecular flexibility index (Phi) is 6.66. The summed E-state index contributed by atoms with van der Waals surface area (Å²) in [4.78, 5) is 12.1. The Labute approximate surface area is 142 Å². The van der Waals surface area contributed by atoms with Gasteiger partial charge in [0.15, 0.2) is 0 Å². The molecule has 0 radical (unpaired) electrons. The highest BCUT2D eigenvalue weighted by Gasteiger charge is 2.33. The molecule has 2 aliphatic rings. The maximum absolute atomic E-state index is 12.1. The molecule has 0 N–H and O–H groups in total. The lowest BCUT2D eigenvalue weighted by atomic mass is 9.73. The molecule has 2 rings (SSSR count). The molecule has 1 fully saturated rings. The van der Waals surface area contributed by atoms with Crippen LogP contribution in [-0.2, 0) is 4.79 Å². The number of Topliss-reactive ketones (excluding diaryl/α,β-unsaturated/α-hetero) is 1. The SMILES string of the molecule is CCC(=O)C1CCCC(CC)(CC2=C=CC=CC(CC)=C2)CC1. The third kappa shape index (κ3) is 4.82. The van der Waals surface area contributed by atoms with Crippen LogP contribution < -0.4 is 0 Å². The Morgan fingerprint density at radius 3 is 2.78 bits per heavy atom. The first kappa shape index (κ1) is 18.0. The number of allylic oxidation sites excluding steroid dienone is 5. The molecule has 0 aromatic carbocycles. The topological polar surface area (TPSA) is 17.1 Å². The molecule has 1 heteroatoms. The molecule has 0 saturated heterocycles. The summed E-state index contributed by atoms with van der Waals surface area (Å²) in [6.45, 7) is 6.54. The zero-order valence-electron chi connectivity index (χ0n) is 15.2. The van der Waals surface area contributed by atoms with Gasteiger partial charge in [0, 0.05) is 12.3 Å². The van der Waals surface area contributed by atoms with E-state index in [4.69, 9.17) is 0 Å². The predicted molar refractivity (Wildman–Crippen MR) is 98.3 cm³/mol. The van der Waals surface area contributed by atoms with E-state index < -0.39 is 0 Å². The normalized spacial score (nSPS) is 27.9. The van der Waals surface area contributed by atoms with Gasteiger partial charge in [-0.15, -0.1) is 5.73 Å². The zero-order chi connectivity index (χ0) is 16.7. The fourth-order valence-corrected chi connectivity index (χ4v) is 4.11. The van der Waals surface area contributed by atoms with Gasteiger partial charge in [-0.3, -0.25) is 4.79 Å². The van der Waals surface area contributed by atoms with Crippen molar-refractivity contribution in [2.45, 2.75) is 78.6 Å². The van der Waals surface area contributed by atoms with Crippen molar-refractivity contribution in [1.29, 1.82) is 0 Å². The van der Waals surface area contributed by atoms with Crippen LogP contribution in [0.4, 0.5) is 0 Å². The van der Waals surface area contributed by atoms with Crippen LogP contribution in [0.5, 0.6) is 0 Å². The first-order valence-electron chi connectivity index (χ1n) is 9.48. The van der Waals surface area contributed by atoms with Crippen molar-refractivity contribution in [2.24, 2.45) is 11.3 Å². The van der Waals surface area contributed by atoms with Crippen molar-refractivity contribution in [1.82, 2.24) is 0 Å². The Morgan fingerprint density at radius 2 is 2.09 bits per heavy atom. The molecule has 0 aromatic heterocycles. The molecule has 2 aliphatic carbocycles. The molecule has 0 bridgehead atoms. The monoisotopic (exact) mass is 312 g/mol. The average Bonchev–Trinajstić information content (AvgIpc) is 2.93. The second kappa shape index (κ2) is 8.50. The summed E-state index contributed by atoms with van der Waals surface area (Å²) in [6, 6.07) is 0. The Morgan fingerprint density at radius 1 is 1.26 bits per heavy atom. The lowest BCUT2D eigenvalue weighted by Crippen LogP contribution is -2.20. The van der Waals surface area contributed by atoms with Gasteiger partial charge in [0.25, 0.3) is 0 Å². The summed E-state index contributed by atoms with van der Waals surface area (Å²) in [5, 5.41) is 0. The van der Waals surface area contributed by atoms with Gasteiger partial charge < -0.3 is 0 Å². The lowest BCUT2D eigenvalue weighted by molar-refractivity contribution is -0.122. The first-order valence-corrected chi connectivity index (χ1v) is 9.48. The second-order valence-electron chi connectivity index (χ2n) is 7.25. The van der Waals surface area contributed by atoms with Gasteiger partial charge in [-0.1, -0.05) is 45.8 Å². The van der Waals surface area contributed by atoms with Crippen LogP contribution in [-0.4, -0.2) is 5.78 Å². The van der Waals surface area contributed by atoms with E-state index in [1.54, 1.807) is 0 Å². The van der Waals surface area contributed by atoms with Gasteiger partial charge >= 0.3 is 0 Å². The van der Waals surface area contributed by atoms with Gasteiger partial charge in [0.2, 0.25) is 0 Å². The van der Waals surface area contributed by atoms with Crippen molar-refractivity contribution < 1.29 is 4.79 Å². The molecule has 0 heterocycles. The quantitative estimate of drug-likeness (QED) is 0.414. The van der Waals surface area contributed by atoms with E-state index in [2.05, 4.69) is 43.9 Å². The molecule has 1 saturated carbocycles. The highest BCUT2D eigenvalue weighted by Crippen LogP contribution is 2.45.